The molecule has 9 heteroatoms. The van der Waals surface area contributed by atoms with Gasteiger partial charge >= 0.3 is 0 Å². The fourth-order valence-electron chi connectivity index (χ4n) is 6.90. The summed E-state index contributed by atoms with van der Waals surface area (Å²) in [6, 6.07) is 9.20. The van der Waals surface area contributed by atoms with Gasteiger partial charge in [-0.15, -0.1) is 0 Å². The number of carbonyl (C=O) groups excluding carboxylic acids is 2. The van der Waals surface area contributed by atoms with Gasteiger partial charge in [0.05, 0.1) is 19.2 Å². The number of nitrogens with one attached hydrogen (secondary N) is 4. The number of fused-ring (bicyclic) bond motifs is 6. The number of amides is 2. The summed E-state index contributed by atoms with van der Waals surface area (Å²) in [6.07, 6.45) is 3.12. The molecule has 4 unspecified atom stereocenters. The Morgan fingerprint density at radius 1 is 1.40 bits per heavy atom. The number of ether oxygens (including phenoxy) is 1. The van der Waals surface area contributed by atoms with Crippen molar-refractivity contribution in [2.45, 2.75) is 49.9 Å². The van der Waals surface area contributed by atoms with Crippen LogP contribution in [0.2, 0.25) is 0 Å². The second-order valence-electron chi connectivity index (χ2n) is 10.8. The largest absolute Gasteiger partial charge is 0.496 e. The molecule has 3 saturated carbocycles. The number of hydrogen-bond donors (Lipinski definition) is 5. The molecule has 1 saturated heterocycles. The molecule has 1 aliphatic heterocycles. The number of H-pyrrole nitrogens is 1. The van der Waals surface area contributed by atoms with E-state index in [-0.39, 0.29) is 29.6 Å². The van der Waals surface area contributed by atoms with E-state index in [1.807, 2.05) is 18.2 Å². The topological polar surface area (TPSA) is 139 Å². The SMILES string of the molecule is COc1cccc2[nH]c(C(=O)N[C@@H](CC3CC3)C(O)N[C@@]3(C#N)CC4CC3[C@H]3C(=O)NCC43)cc12. The summed E-state index contributed by atoms with van der Waals surface area (Å²) in [5.74, 6) is 1.11. The molecule has 5 N–H and O–H groups in total. The summed E-state index contributed by atoms with van der Waals surface area (Å²) in [5, 5.41) is 31.5. The van der Waals surface area contributed by atoms with Gasteiger partial charge in [0.2, 0.25) is 5.91 Å². The molecule has 2 bridgehead atoms. The van der Waals surface area contributed by atoms with Crippen LogP contribution in [0.4, 0.5) is 0 Å². The van der Waals surface area contributed by atoms with Crippen LogP contribution >= 0.6 is 0 Å². The Bertz CT molecular complexity index is 1220. The van der Waals surface area contributed by atoms with Gasteiger partial charge in [-0.1, -0.05) is 18.9 Å². The number of hydrogen-bond acceptors (Lipinski definition) is 6. The Kier molecular flexibility index (Phi) is 5.27. The van der Waals surface area contributed by atoms with Crippen LogP contribution in [0.5, 0.6) is 5.75 Å². The maximum absolute atomic E-state index is 13.2. The normalized spacial score (nSPS) is 32.7. The van der Waals surface area contributed by atoms with E-state index in [9.17, 15) is 20.0 Å². The molecule has 35 heavy (non-hydrogen) atoms. The van der Waals surface area contributed by atoms with E-state index >= 15 is 0 Å². The molecule has 2 aromatic rings. The van der Waals surface area contributed by atoms with Crippen LogP contribution in [0.25, 0.3) is 10.9 Å². The van der Waals surface area contributed by atoms with Crippen molar-refractivity contribution in [3.63, 3.8) is 0 Å². The Hall–Kier alpha value is -3.09. The molecule has 1 aromatic heterocycles. The zero-order valence-electron chi connectivity index (χ0n) is 19.7. The molecule has 2 heterocycles. The lowest BCUT2D eigenvalue weighted by Crippen LogP contribution is -2.61. The molecule has 3 aliphatic carbocycles. The Labute approximate surface area is 203 Å². The molecule has 1 aromatic carbocycles. The van der Waals surface area contributed by atoms with Crippen molar-refractivity contribution in [3.8, 4) is 11.8 Å². The highest BCUT2D eigenvalue weighted by Gasteiger charge is 2.64. The van der Waals surface area contributed by atoms with Gasteiger partial charge in [0, 0.05) is 29.3 Å². The zero-order valence-corrected chi connectivity index (χ0v) is 19.7. The van der Waals surface area contributed by atoms with E-state index in [2.05, 4.69) is 27.0 Å². The summed E-state index contributed by atoms with van der Waals surface area (Å²) < 4.78 is 5.40. The van der Waals surface area contributed by atoms with Gasteiger partial charge in [0.25, 0.3) is 5.91 Å². The molecule has 184 valence electrons. The third-order valence-corrected chi connectivity index (χ3v) is 8.76. The van der Waals surface area contributed by atoms with Gasteiger partial charge < -0.3 is 25.5 Å². The third kappa shape index (κ3) is 3.67. The minimum Gasteiger partial charge on any atom is -0.496 e. The Morgan fingerprint density at radius 3 is 2.97 bits per heavy atom. The number of aromatic nitrogens is 1. The maximum Gasteiger partial charge on any atom is 0.268 e. The van der Waals surface area contributed by atoms with Gasteiger partial charge in [0.15, 0.2) is 0 Å². The van der Waals surface area contributed by atoms with Crippen LogP contribution in [0.3, 0.4) is 0 Å². The van der Waals surface area contributed by atoms with Crippen LogP contribution in [0, 0.1) is 40.9 Å². The minimum atomic E-state index is -1.10. The first kappa shape index (κ1) is 22.4. The van der Waals surface area contributed by atoms with E-state index in [0.29, 0.717) is 42.7 Å². The lowest BCUT2D eigenvalue weighted by atomic mass is 9.71. The van der Waals surface area contributed by atoms with Crippen molar-refractivity contribution in [1.29, 1.82) is 5.26 Å². The van der Waals surface area contributed by atoms with Crippen molar-refractivity contribution in [3.05, 3.63) is 30.0 Å². The Morgan fingerprint density at radius 2 is 2.23 bits per heavy atom. The van der Waals surface area contributed by atoms with E-state index in [1.54, 1.807) is 13.2 Å². The van der Waals surface area contributed by atoms with E-state index < -0.39 is 17.8 Å². The summed E-state index contributed by atoms with van der Waals surface area (Å²) in [5.41, 5.74) is 0.216. The zero-order chi connectivity index (χ0) is 24.3. The van der Waals surface area contributed by atoms with Crippen molar-refractivity contribution >= 4 is 22.7 Å². The first-order chi connectivity index (χ1) is 16.9. The standard InChI is InChI=1S/C26H31N5O4/c1-35-21-4-2-3-18-15(21)9-20(29-18)23(32)30-19(7-13-5-6-13)24(33)31-26(12-27)10-14-8-17(26)22-16(14)11-28-25(22)34/h2-4,9,13-14,16-17,19,22,24,29,31,33H,5-8,10-11H2,1H3,(H,28,34)(H,30,32)/t14?,16?,17?,19-,22-,24?,26+/m0/s1. The number of methoxy groups -OCH3 is 1. The highest BCUT2D eigenvalue weighted by molar-refractivity contribution is 5.99. The first-order valence-corrected chi connectivity index (χ1v) is 12.5. The fourth-order valence-corrected chi connectivity index (χ4v) is 6.90. The number of rotatable bonds is 8. The van der Waals surface area contributed by atoms with Gasteiger partial charge in [-0.05, 0) is 55.2 Å². The highest BCUT2D eigenvalue weighted by atomic mass is 16.5. The second-order valence-corrected chi connectivity index (χ2v) is 10.8. The molecular weight excluding hydrogens is 446 g/mol. The van der Waals surface area contributed by atoms with E-state index in [0.717, 1.165) is 30.2 Å². The number of aliphatic hydroxyl groups excluding tert-OH is 1. The molecule has 0 radical (unpaired) electrons. The van der Waals surface area contributed by atoms with Gasteiger partial charge in [0.1, 0.15) is 23.2 Å². The molecule has 2 amide bonds. The molecule has 6 rings (SSSR count). The predicted molar refractivity (Wildman–Crippen MR) is 127 cm³/mol. The highest BCUT2D eigenvalue weighted by Crippen LogP contribution is 2.58. The monoisotopic (exact) mass is 477 g/mol. The number of benzene rings is 1. The van der Waals surface area contributed by atoms with Crippen LogP contribution < -0.4 is 20.7 Å². The van der Waals surface area contributed by atoms with Crippen LogP contribution in [0.15, 0.2) is 24.3 Å². The fraction of sp³-hybridized carbons (Fsp3) is 0.577. The number of aliphatic hydroxyl groups is 1. The maximum atomic E-state index is 13.2. The summed E-state index contributed by atoms with van der Waals surface area (Å²) >= 11 is 0. The smallest absolute Gasteiger partial charge is 0.268 e. The molecule has 7 atom stereocenters. The van der Waals surface area contributed by atoms with Crippen molar-refractivity contribution in [1.82, 2.24) is 20.9 Å². The first-order valence-electron chi connectivity index (χ1n) is 12.5. The second kappa shape index (κ2) is 8.25. The predicted octanol–water partition coefficient (Wildman–Crippen LogP) is 1.65. The van der Waals surface area contributed by atoms with Crippen LogP contribution in [-0.2, 0) is 4.79 Å². The van der Waals surface area contributed by atoms with Crippen molar-refractivity contribution in [2.24, 2.45) is 29.6 Å². The van der Waals surface area contributed by atoms with E-state index in [4.69, 9.17) is 4.74 Å². The molecule has 0 spiro atoms. The third-order valence-electron chi connectivity index (χ3n) is 8.76. The molecule has 9 nitrogen and oxygen atoms in total. The number of aromatic amines is 1. The average Bonchev–Trinajstić information content (AvgIpc) is 3.18. The van der Waals surface area contributed by atoms with Gasteiger partial charge in [-0.25, -0.2) is 0 Å². The van der Waals surface area contributed by atoms with Crippen molar-refractivity contribution in [2.75, 3.05) is 13.7 Å². The van der Waals surface area contributed by atoms with Crippen molar-refractivity contribution < 1.29 is 19.4 Å². The Balaban J connectivity index is 1.21. The minimum absolute atomic E-state index is 0.0233. The van der Waals surface area contributed by atoms with Crippen LogP contribution in [-0.4, -0.2) is 53.4 Å². The summed E-state index contributed by atoms with van der Waals surface area (Å²) in [7, 11) is 1.59. The quantitative estimate of drug-likeness (QED) is 0.366. The molecular formula is C26H31N5O4. The van der Waals surface area contributed by atoms with Gasteiger partial charge in [-0.2, -0.15) is 5.26 Å². The lowest BCUT2D eigenvalue weighted by molar-refractivity contribution is -0.125. The van der Waals surface area contributed by atoms with E-state index in [1.165, 1.54) is 0 Å². The lowest BCUT2D eigenvalue weighted by Gasteiger charge is -2.40. The number of nitriles is 1. The summed E-state index contributed by atoms with van der Waals surface area (Å²) in [4.78, 5) is 28.8. The molecule has 4 fully saturated rings. The number of nitrogens with zero attached hydrogens (tertiary/aromatic N) is 1. The number of carbonyl (C=O) groups is 2. The summed E-state index contributed by atoms with van der Waals surface area (Å²) in [6.45, 7) is 0.685. The van der Waals surface area contributed by atoms with Crippen LogP contribution in [0.1, 0.15) is 42.6 Å². The average molecular weight is 478 g/mol. The van der Waals surface area contributed by atoms with Gasteiger partial charge in [-0.3, -0.25) is 14.9 Å². The molecule has 4 aliphatic rings.